The summed E-state index contributed by atoms with van der Waals surface area (Å²) in [6, 6.07) is 4.85. The first kappa shape index (κ1) is 16.5. The van der Waals surface area contributed by atoms with Crippen molar-refractivity contribution in [3.8, 4) is 11.5 Å². The number of ketones is 1. The van der Waals surface area contributed by atoms with Gasteiger partial charge in [0.25, 0.3) is 0 Å². The predicted molar refractivity (Wildman–Crippen MR) is 77.4 cm³/mol. The molecule has 20 heavy (non-hydrogen) atoms. The van der Waals surface area contributed by atoms with Crippen LogP contribution in [-0.4, -0.2) is 38.9 Å². The van der Waals surface area contributed by atoms with E-state index in [1.54, 1.807) is 32.0 Å². The van der Waals surface area contributed by atoms with Crippen LogP contribution in [0.3, 0.4) is 0 Å². The molecule has 1 aromatic rings. The Kier molecular flexibility index (Phi) is 5.56. The number of ether oxygens (including phenoxy) is 2. The minimum atomic E-state index is -3.16. The van der Waals surface area contributed by atoms with Gasteiger partial charge in [0.1, 0.15) is 18.1 Å². The molecule has 0 unspecified atom stereocenters. The van der Waals surface area contributed by atoms with Crippen molar-refractivity contribution in [3.63, 3.8) is 0 Å². The number of carbonyl (C=O) groups excluding carboxylic acids is 1. The van der Waals surface area contributed by atoms with Crippen molar-refractivity contribution in [2.45, 2.75) is 26.0 Å². The zero-order valence-electron chi connectivity index (χ0n) is 12.2. The van der Waals surface area contributed by atoms with Gasteiger partial charge in [0, 0.05) is 6.07 Å². The van der Waals surface area contributed by atoms with E-state index in [2.05, 4.69) is 0 Å². The van der Waals surface area contributed by atoms with Crippen LogP contribution in [0.15, 0.2) is 18.2 Å². The van der Waals surface area contributed by atoms with E-state index >= 15 is 0 Å². The first-order chi connectivity index (χ1) is 9.27. The van der Waals surface area contributed by atoms with Crippen molar-refractivity contribution >= 4 is 15.6 Å². The SMILES string of the molecule is COc1ccc(C(C)=O)c(OCCS(=O)(=O)C(C)C)c1. The first-order valence-corrected chi connectivity index (χ1v) is 8.03. The van der Waals surface area contributed by atoms with Crippen molar-refractivity contribution < 1.29 is 22.7 Å². The minimum Gasteiger partial charge on any atom is -0.497 e. The molecule has 1 aromatic carbocycles. The number of rotatable bonds is 7. The number of hydrogen-bond acceptors (Lipinski definition) is 5. The molecule has 0 radical (unpaired) electrons. The molecule has 5 nitrogen and oxygen atoms in total. The van der Waals surface area contributed by atoms with Crippen molar-refractivity contribution in [1.82, 2.24) is 0 Å². The van der Waals surface area contributed by atoms with E-state index in [4.69, 9.17) is 9.47 Å². The van der Waals surface area contributed by atoms with Gasteiger partial charge in [0.05, 0.1) is 23.7 Å². The summed E-state index contributed by atoms with van der Waals surface area (Å²) in [6.45, 7) is 4.69. The molecule has 0 saturated heterocycles. The van der Waals surface area contributed by atoms with Gasteiger partial charge in [-0.1, -0.05) is 0 Å². The maximum absolute atomic E-state index is 11.7. The molecule has 0 atom stereocenters. The predicted octanol–water partition coefficient (Wildman–Crippen LogP) is 2.10. The summed E-state index contributed by atoms with van der Waals surface area (Å²) in [5.74, 6) is 0.668. The van der Waals surface area contributed by atoms with E-state index in [9.17, 15) is 13.2 Å². The topological polar surface area (TPSA) is 69.7 Å². The quantitative estimate of drug-likeness (QED) is 0.721. The van der Waals surface area contributed by atoms with Crippen LogP contribution in [0.4, 0.5) is 0 Å². The second-order valence-electron chi connectivity index (χ2n) is 4.68. The molecule has 112 valence electrons. The Morgan fingerprint density at radius 2 is 1.95 bits per heavy atom. The lowest BCUT2D eigenvalue weighted by molar-refractivity contribution is 0.101. The lowest BCUT2D eigenvalue weighted by atomic mass is 10.1. The van der Waals surface area contributed by atoms with Gasteiger partial charge in [0.2, 0.25) is 0 Å². The number of methoxy groups -OCH3 is 1. The van der Waals surface area contributed by atoms with Crippen LogP contribution in [-0.2, 0) is 9.84 Å². The van der Waals surface area contributed by atoms with Gasteiger partial charge >= 0.3 is 0 Å². The second-order valence-corrected chi connectivity index (χ2v) is 7.36. The fourth-order valence-electron chi connectivity index (χ4n) is 1.54. The van der Waals surface area contributed by atoms with Crippen molar-refractivity contribution in [1.29, 1.82) is 0 Å². The smallest absolute Gasteiger partial charge is 0.163 e. The molecular formula is C14H20O5S. The van der Waals surface area contributed by atoms with E-state index in [-0.39, 0.29) is 18.1 Å². The van der Waals surface area contributed by atoms with Crippen molar-refractivity contribution in [3.05, 3.63) is 23.8 Å². The summed E-state index contributed by atoms with van der Waals surface area (Å²) in [5, 5.41) is -0.441. The minimum absolute atomic E-state index is 0.00790. The molecule has 6 heteroatoms. The van der Waals surface area contributed by atoms with Gasteiger partial charge in [0.15, 0.2) is 15.6 Å². The summed E-state index contributed by atoms with van der Waals surface area (Å²) < 4.78 is 33.9. The molecule has 0 bridgehead atoms. The standard InChI is InChI=1S/C14H20O5S/c1-10(2)20(16,17)8-7-19-14-9-12(18-4)5-6-13(14)11(3)15/h5-6,9-10H,7-8H2,1-4H3. The lowest BCUT2D eigenvalue weighted by Gasteiger charge is -2.12. The molecule has 0 aromatic heterocycles. The Morgan fingerprint density at radius 3 is 2.45 bits per heavy atom. The summed E-state index contributed by atoms with van der Waals surface area (Å²) in [4.78, 5) is 11.5. The maximum Gasteiger partial charge on any atom is 0.163 e. The first-order valence-electron chi connectivity index (χ1n) is 6.31. The average molecular weight is 300 g/mol. The summed E-state index contributed by atoms with van der Waals surface area (Å²) >= 11 is 0. The molecule has 0 aliphatic rings. The molecular weight excluding hydrogens is 280 g/mol. The molecule has 0 heterocycles. The third-order valence-corrected chi connectivity index (χ3v) is 5.08. The van der Waals surface area contributed by atoms with Crippen LogP contribution in [0, 0.1) is 0 Å². The van der Waals surface area contributed by atoms with E-state index in [1.807, 2.05) is 0 Å². The molecule has 0 amide bonds. The van der Waals surface area contributed by atoms with Crippen LogP contribution in [0.5, 0.6) is 11.5 Å². The fourth-order valence-corrected chi connectivity index (χ4v) is 2.33. The number of benzene rings is 1. The molecule has 1 rings (SSSR count). The van der Waals surface area contributed by atoms with Gasteiger partial charge in [-0.3, -0.25) is 4.79 Å². The van der Waals surface area contributed by atoms with Gasteiger partial charge in [-0.25, -0.2) is 8.42 Å². The van der Waals surface area contributed by atoms with Crippen molar-refractivity contribution in [2.24, 2.45) is 0 Å². The van der Waals surface area contributed by atoms with E-state index < -0.39 is 15.1 Å². The molecule has 0 fully saturated rings. The van der Waals surface area contributed by atoms with Crippen LogP contribution < -0.4 is 9.47 Å². The van der Waals surface area contributed by atoms with E-state index in [0.29, 0.717) is 17.1 Å². The highest BCUT2D eigenvalue weighted by molar-refractivity contribution is 7.91. The maximum atomic E-state index is 11.7. The van der Waals surface area contributed by atoms with E-state index in [0.717, 1.165) is 0 Å². The van der Waals surface area contributed by atoms with Crippen molar-refractivity contribution in [2.75, 3.05) is 19.5 Å². The average Bonchev–Trinajstić information content (AvgIpc) is 2.37. The molecule has 0 spiro atoms. The highest BCUT2D eigenvalue weighted by atomic mass is 32.2. The second kappa shape index (κ2) is 6.74. The number of hydrogen-bond donors (Lipinski definition) is 0. The number of carbonyl (C=O) groups is 1. The van der Waals surface area contributed by atoms with Crippen LogP contribution in [0.25, 0.3) is 0 Å². The highest BCUT2D eigenvalue weighted by Crippen LogP contribution is 2.25. The lowest BCUT2D eigenvalue weighted by Crippen LogP contribution is -2.22. The van der Waals surface area contributed by atoms with Gasteiger partial charge in [-0.05, 0) is 32.9 Å². The summed E-state index contributed by atoms with van der Waals surface area (Å²) in [6.07, 6.45) is 0. The largest absolute Gasteiger partial charge is 0.497 e. The monoisotopic (exact) mass is 300 g/mol. The summed E-state index contributed by atoms with van der Waals surface area (Å²) in [5.41, 5.74) is 0.410. The fraction of sp³-hybridized carbons (Fsp3) is 0.500. The molecule has 0 N–H and O–H groups in total. The zero-order chi connectivity index (χ0) is 15.3. The number of Topliss-reactive ketones (excluding diaryl/α,β-unsaturated/α-hetero) is 1. The van der Waals surface area contributed by atoms with Gasteiger partial charge in [-0.2, -0.15) is 0 Å². The van der Waals surface area contributed by atoms with Gasteiger partial charge < -0.3 is 9.47 Å². The van der Waals surface area contributed by atoms with Crippen LogP contribution in [0.2, 0.25) is 0 Å². The Balaban J connectivity index is 2.84. The van der Waals surface area contributed by atoms with Gasteiger partial charge in [-0.15, -0.1) is 0 Å². The Morgan fingerprint density at radius 1 is 1.30 bits per heavy atom. The third-order valence-electron chi connectivity index (χ3n) is 2.91. The van der Waals surface area contributed by atoms with Crippen LogP contribution >= 0.6 is 0 Å². The Hall–Kier alpha value is -1.56. The Bertz CT molecular complexity index is 575. The third kappa shape index (κ3) is 4.23. The van der Waals surface area contributed by atoms with E-state index in [1.165, 1.54) is 14.0 Å². The normalized spacial score (nSPS) is 11.4. The molecule has 0 saturated carbocycles. The Labute approximate surface area is 119 Å². The van der Waals surface area contributed by atoms with Crippen LogP contribution in [0.1, 0.15) is 31.1 Å². The molecule has 0 aliphatic heterocycles. The number of sulfone groups is 1. The highest BCUT2D eigenvalue weighted by Gasteiger charge is 2.17. The summed E-state index contributed by atoms with van der Waals surface area (Å²) in [7, 11) is -1.65. The zero-order valence-corrected chi connectivity index (χ0v) is 13.0. The molecule has 0 aliphatic carbocycles.